The van der Waals surface area contributed by atoms with E-state index in [1.54, 1.807) is 0 Å². The third-order valence-corrected chi connectivity index (χ3v) is 6.46. The van der Waals surface area contributed by atoms with Gasteiger partial charge in [0.25, 0.3) is 11.8 Å². The van der Waals surface area contributed by atoms with Crippen molar-refractivity contribution >= 4 is 35.4 Å². The third-order valence-electron chi connectivity index (χ3n) is 6.46. The summed E-state index contributed by atoms with van der Waals surface area (Å²) in [6.07, 6.45) is 0.944. The predicted octanol–water partition coefficient (Wildman–Crippen LogP) is 3.37. The lowest BCUT2D eigenvalue weighted by atomic mass is 10.1. The van der Waals surface area contributed by atoms with Crippen molar-refractivity contribution in [3.05, 3.63) is 71.3 Å². The van der Waals surface area contributed by atoms with Crippen molar-refractivity contribution < 1.29 is 28.4 Å². The van der Waals surface area contributed by atoms with Gasteiger partial charge in [-0.3, -0.25) is 4.99 Å². The fourth-order valence-electron chi connectivity index (χ4n) is 4.39. The number of ether oxygens (including phenoxy) is 6. The molecule has 0 aromatic heterocycles. The minimum absolute atomic E-state index is 0.581. The molecule has 2 aromatic rings. The summed E-state index contributed by atoms with van der Waals surface area (Å²) in [6.45, 7) is 10.9. The molecule has 12 nitrogen and oxygen atoms in total. The van der Waals surface area contributed by atoms with Crippen molar-refractivity contribution in [1.82, 2.24) is 0 Å². The van der Waals surface area contributed by atoms with Crippen LogP contribution >= 0.6 is 0 Å². The second kappa shape index (κ2) is 16.8. The highest BCUT2D eigenvalue weighted by molar-refractivity contribution is 6.35. The second-order valence-corrected chi connectivity index (χ2v) is 9.60. The first kappa shape index (κ1) is 30.7. The maximum atomic E-state index is 5.39. The zero-order chi connectivity index (χ0) is 30.2. The van der Waals surface area contributed by atoms with E-state index in [0.29, 0.717) is 38.2 Å². The van der Waals surface area contributed by atoms with E-state index in [0.717, 1.165) is 99.2 Å². The van der Waals surface area contributed by atoms with Crippen molar-refractivity contribution in [2.24, 2.45) is 30.0 Å². The summed E-state index contributed by atoms with van der Waals surface area (Å²) in [5, 5.41) is 0. The van der Waals surface area contributed by atoms with Crippen molar-refractivity contribution in [3.8, 4) is 0 Å². The van der Waals surface area contributed by atoms with Crippen LogP contribution < -0.4 is 0 Å². The highest BCUT2D eigenvalue weighted by Gasteiger charge is 2.19. The molecule has 6 heterocycles. The molecule has 0 saturated carbocycles. The van der Waals surface area contributed by atoms with E-state index in [9.17, 15) is 0 Å². The molecule has 6 aliphatic heterocycles. The zero-order valence-corrected chi connectivity index (χ0v) is 25.0. The van der Waals surface area contributed by atoms with E-state index in [4.69, 9.17) is 28.4 Å². The van der Waals surface area contributed by atoms with Gasteiger partial charge >= 0.3 is 0 Å². The lowest BCUT2D eigenvalue weighted by Crippen LogP contribution is -2.14. The molecule has 44 heavy (non-hydrogen) atoms. The summed E-state index contributed by atoms with van der Waals surface area (Å²) < 4.78 is 31.4. The Hall–Kier alpha value is -4.74. The molecular formula is C32H38N6O6. The Morgan fingerprint density at radius 3 is 1.05 bits per heavy atom. The summed E-state index contributed by atoms with van der Waals surface area (Å²) in [6, 6.07) is 17.9. The van der Waals surface area contributed by atoms with Crippen LogP contribution in [0.25, 0.3) is 0 Å². The molecule has 6 aliphatic rings. The van der Waals surface area contributed by atoms with Gasteiger partial charge < -0.3 is 28.4 Å². The lowest BCUT2D eigenvalue weighted by molar-refractivity contribution is 0.320. The first-order chi connectivity index (χ1) is 21.8. The van der Waals surface area contributed by atoms with E-state index in [2.05, 4.69) is 30.0 Å². The molecule has 232 valence electrons. The Kier molecular flexibility index (Phi) is 11.7. The van der Waals surface area contributed by atoms with Crippen molar-refractivity contribution in [3.63, 3.8) is 0 Å². The molecule has 0 bridgehead atoms. The normalized spacial score (nSPS) is 19.0. The monoisotopic (exact) mass is 602 g/mol. The van der Waals surface area contributed by atoms with Gasteiger partial charge in [-0.15, -0.1) is 0 Å². The Balaban J connectivity index is 0.000000122. The van der Waals surface area contributed by atoms with Gasteiger partial charge in [0.2, 0.25) is 17.7 Å². The molecule has 0 spiro atoms. The molecule has 0 atom stereocenters. The topological polar surface area (TPSA) is 130 Å². The first-order valence-electron chi connectivity index (χ1n) is 15.0. The van der Waals surface area contributed by atoms with Crippen LogP contribution in [0.4, 0.5) is 0 Å². The van der Waals surface area contributed by atoms with E-state index < -0.39 is 0 Å². The van der Waals surface area contributed by atoms with Crippen molar-refractivity contribution in [2.45, 2.75) is 13.3 Å². The Bertz CT molecular complexity index is 1340. The van der Waals surface area contributed by atoms with E-state index in [-0.39, 0.29) is 0 Å². The molecule has 0 radical (unpaired) electrons. The average molecular weight is 603 g/mol. The number of hydrogen-bond donors (Lipinski definition) is 0. The highest BCUT2D eigenvalue weighted by atomic mass is 16.5. The Morgan fingerprint density at radius 1 is 0.409 bits per heavy atom. The molecule has 0 unspecified atom stereocenters. The van der Waals surface area contributed by atoms with Crippen LogP contribution in [0.15, 0.2) is 84.6 Å². The summed E-state index contributed by atoms with van der Waals surface area (Å²) in [4.78, 5) is 24.9. The van der Waals surface area contributed by atoms with Crippen LogP contribution in [-0.2, 0) is 28.4 Å². The maximum Gasteiger partial charge on any atom is 0.273 e. The Morgan fingerprint density at radius 2 is 0.750 bits per heavy atom. The molecule has 12 heteroatoms. The van der Waals surface area contributed by atoms with Crippen LogP contribution in [-0.4, -0.2) is 114 Å². The highest BCUT2D eigenvalue weighted by Crippen LogP contribution is 2.13. The average Bonchev–Trinajstić information content (AvgIpc) is 3.95. The molecule has 0 fully saturated rings. The van der Waals surface area contributed by atoms with Crippen molar-refractivity contribution in [2.75, 3.05) is 78.9 Å². The summed E-state index contributed by atoms with van der Waals surface area (Å²) in [5.74, 6) is 4.34. The van der Waals surface area contributed by atoms with Gasteiger partial charge in [-0.2, -0.15) is 0 Å². The van der Waals surface area contributed by atoms with Gasteiger partial charge in [-0.05, 0) is 36.4 Å². The SMILES string of the molecule is C1COC(C2=NCCO2)=N1.CCC1=NCCO1.c1cc(C2=NCCO2)ccc1C1=NCCO1.c1ccc(C2=NCCO2)cc1. The van der Waals surface area contributed by atoms with Crippen LogP contribution in [0.3, 0.4) is 0 Å². The molecule has 2 aromatic carbocycles. The third kappa shape index (κ3) is 9.13. The molecule has 0 amide bonds. The van der Waals surface area contributed by atoms with Crippen molar-refractivity contribution in [1.29, 1.82) is 0 Å². The van der Waals surface area contributed by atoms with Crippen LogP contribution in [0, 0.1) is 0 Å². The van der Waals surface area contributed by atoms with Gasteiger partial charge in [0.05, 0.1) is 39.3 Å². The fraction of sp³-hybridized carbons (Fsp3) is 0.438. The zero-order valence-electron chi connectivity index (χ0n) is 25.0. The number of benzene rings is 2. The lowest BCUT2D eigenvalue weighted by Gasteiger charge is -2.04. The molecular weight excluding hydrogens is 564 g/mol. The number of nitrogens with zero attached hydrogens (tertiary/aromatic N) is 6. The van der Waals surface area contributed by atoms with E-state index >= 15 is 0 Å². The summed E-state index contributed by atoms with van der Waals surface area (Å²) >= 11 is 0. The second-order valence-electron chi connectivity index (χ2n) is 9.60. The molecule has 8 rings (SSSR count). The smallest absolute Gasteiger partial charge is 0.273 e. The standard InChI is InChI=1S/C12H12N2O2.C9H9NO.C6H8N2O2.C5H9NO/c1-2-10(12-14-6-8-16-12)4-3-9(1)11-13-5-7-15-11;1-2-4-8(5-3-1)9-10-6-7-11-9;1-3-9-5(7-1)6-8-2-4-10-6;1-2-5-6-3-4-7-5/h1-4H,5-8H2;1-5H,6-7H2;1-4H2;2-4H2,1H3. The van der Waals surface area contributed by atoms with E-state index in [1.165, 1.54) is 0 Å². The van der Waals surface area contributed by atoms with Gasteiger partial charge in [0.15, 0.2) is 5.90 Å². The number of hydrogen-bond acceptors (Lipinski definition) is 12. The number of aliphatic imine (C=N–C) groups is 6. The minimum Gasteiger partial charge on any atom is -0.479 e. The van der Waals surface area contributed by atoms with Gasteiger partial charge in [-0.25, -0.2) is 25.0 Å². The largest absolute Gasteiger partial charge is 0.479 e. The van der Waals surface area contributed by atoms with Gasteiger partial charge in [0.1, 0.15) is 39.6 Å². The molecule has 0 saturated heterocycles. The maximum absolute atomic E-state index is 5.39. The minimum atomic E-state index is 0.581. The molecule has 0 aliphatic carbocycles. The first-order valence-corrected chi connectivity index (χ1v) is 15.0. The molecule has 0 N–H and O–H groups in total. The number of rotatable bonds is 5. The quantitative estimate of drug-likeness (QED) is 0.516. The summed E-state index contributed by atoms with van der Waals surface area (Å²) in [5.41, 5.74) is 3.10. The van der Waals surface area contributed by atoms with Gasteiger partial charge in [0, 0.05) is 23.1 Å². The predicted molar refractivity (Wildman–Crippen MR) is 170 cm³/mol. The Labute approximate surface area is 257 Å². The van der Waals surface area contributed by atoms with Crippen LogP contribution in [0.1, 0.15) is 30.0 Å². The van der Waals surface area contributed by atoms with Crippen LogP contribution in [0.2, 0.25) is 0 Å². The van der Waals surface area contributed by atoms with E-state index in [1.807, 2.05) is 61.5 Å². The van der Waals surface area contributed by atoms with Gasteiger partial charge in [-0.1, -0.05) is 25.1 Å². The van der Waals surface area contributed by atoms with Crippen LogP contribution in [0.5, 0.6) is 0 Å². The fourth-order valence-corrected chi connectivity index (χ4v) is 4.39. The summed E-state index contributed by atoms with van der Waals surface area (Å²) in [7, 11) is 0.